The number of halogens is 1. The summed E-state index contributed by atoms with van der Waals surface area (Å²) >= 11 is 3.27. The van der Waals surface area contributed by atoms with Gasteiger partial charge < -0.3 is 5.32 Å². The quantitative estimate of drug-likeness (QED) is 0.811. The Hall–Kier alpha value is -0.910. The summed E-state index contributed by atoms with van der Waals surface area (Å²) in [5.41, 5.74) is 0. The highest BCUT2D eigenvalue weighted by Crippen LogP contribution is 2.15. The summed E-state index contributed by atoms with van der Waals surface area (Å²) in [7, 11) is 1.79. The fraction of sp³-hybridized carbons (Fsp3) is 0.625. The Bertz CT molecular complexity index is 328. The lowest BCUT2D eigenvalue weighted by Gasteiger charge is -2.15. The Morgan fingerprint density at radius 3 is 2.79 bits per heavy atom. The number of alkyl halides is 1. The molecule has 0 aliphatic carbocycles. The number of nitrogens with zero attached hydrogens (tertiary/aromatic N) is 3. The summed E-state index contributed by atoms with van der Waals surface area (Å²) in [5.74, 6) is 0.663. The fourth-order valence-corrected chi connectivity index (χ4v) is 0.990. The molecule has 0 radical (unpaired) electrons. The Morgan fingerprint density at radius 2 is 2.36 bits per heavy atom. The van der Waals surface area contributed by atoms with Crippen molar-refractivity contribution in [3.05, 3.63) is 12.2 Å². The minimum atomic E-state index is -0.550. The smallest absolute Gasteiger partial charge is 0.236 e. The first kappa shape index (κ1) is 11.2. The molecular formula is C8H13BrN4O. The molecule has 0 saturated carbocycles. The number of rotatable bonds is 3. The summed E-state index contributed by atoms with van der Waals surface area (Å²) in [6.07, 6.45) is 1.46. The summed E-state index contributed by atoms with van der Waals surface area (Å²) in [6, 6.07) is 0. The molecular weight excluding hydrogens is 248 g/mol. The molecule has 0 aromatic carbocycles. The Kier molecular flexibility index (Phi) is 3.25. The van der Waals surface area contributed by atoms with Crippen molar-refractivity contribution in [1.82, 2.24) is 20.1 Å². The zero-order valence-electron chi connectivity index (χ0n) is 8.41. The molecule has 0 atom stereocenters. The van der Waals surface area contributed by atoms with Gasteiger partial charge in [0.05, 0.1) is 10.9 Å². The van der Waals surface area contributed by atoms with Crippen LogP contribution in [0.25, 0.3) is 0 Å². The van der Waals surface area contributed by atoms with Crippen LogP contribution >= 0.6 is 15.9 Å². The lowest BCUT2D eigenvalue weighted by atomic mass is 10.2. The van der Waals surface area contributed by atoms with E-state index < -0.39 is 4.32 Å². The van der Waals surface area contributed by atoms with Gasteiger partial charge in [-0.25, -0.2) is 4.98 Å². The topological polar surface area (TPSA) is 59.8 Å². The van der Waals surface area contributed by atoms with Gasteiger partial charge in [-0.1, -0.05) is 15.9 Å². The number of aryl methyl sites for hydroxylation is 1. The first-order valence-electron chi connectivity index (χ1n) is 4.21. The van der Waals surface area contributed by atoms with Gasteiger partial charge >= 0.3 is 0 Å². The van der Waals surface area contributed by atoms with E-state index >= 15 is 0 Å². The van der Waals surface area contributed by atoms with E-state index in [4.69, 9.17) is 0 Å². The van der Waals surface area contributed by atoms with Gasteiger partial charge in [0.15, 0.2) is 0 Å². The number of hydrogen-bond donors (Lipinski definition) is 1. The van der Waals surface area contributed by atoms with Crippen molar-refractivity contribution in [2.45, 2.75) is 24.7 Å². The number of aromatic nitrogens is 3. The molecule has 0 fully saturated rings. The average Bonchev–Trinajstić information content (AvgIpc) is 2.45. The molecule has 1 N–H and O–H groups in total. The van der Waals surface area contributed by atoms with Crippen molar-refractivity contribution in [2.24, 2.45) is 7.05 Å². The van der Waals surface area contributed by atoms with Crippen LogP contribution in [0.2, 0.25) is 0 Å². The van der Waals surface area contributed by atoms with Gasteiger partial charge in [0.2, 0.25) is 5.91 Å². The Balaban J connectivity index is 2.50. The Morgan fingerprint density at radius 1 is 1.71 bits per heavy atom. The minimum absolute atomic E-state index is 0.0690. The molecule has 1 rings (SSSR count). The lowest BCUT2D eigenvalue weighted by Crippen LogP contribution is -2.37. The maximum absolute atomic E-state index is 11.5. The molecule has 0 aliphatic rings. The van der Waals surface area contributed by atoms with Gasteiger partial charge in [-0.3, -0.25) is 9.48 Å². The normalized spacial score (nSPS) is 11.4. The largest absolute Gasteiger partial charge is 0.348 e. The molecule has 6 heteroatoms. The minimum Gasteiger partial charge on any atom is -0.348 e. The van der Waals surface area contributed by atoms with Crippen LogP contribution in [-0.2, 0) is 18.4 Å². The summed E-state index contributed by atoms with van der Waals surface area (Å²) in [5, 5.41) is 6.66. The third-order valence-electron chi connectivity index (χ3n) is 1.75. The maximum atomic E-state index is 11.5. The molecule has 5 nitrogen and oxygen atoms in total. The van der Waals surface area contributed by atoms with Crippen molar-refractivity contribution >= 4 is 21.8 Å². The highest BCUT2D eigenvalue weighted by atomic mass is 79.9. The molecule has 0 saturated heterocycles. The van der Waals surface area contributed by atoms with E-state index in [1.54, 1.807) is 25.6 Å². The van der Waals surface area contributed by atoms with Crippen LogP contribution < -0.4 is 5.32 Å². The van der Waals surface area contributed by atoms with Crippen molar-refractivity contribution in [3.8, 4) is 0 Å². The first-order chi connectivity index (χ1) is 6.41. The van der Waals surface area contributed by atoms with Crippen LogP contribution in [-0.4, -0.2) is 25.0 Å². The molecule has 0 spiro atoms. The predicted molar refractivity (Wildman–Crippen MR) is 55.9 cm³/mol. The zero-order chi connectivity index (χ0) is 10.8. The highest BCUT2D eigenvalue weighted by Gasteiger charge is 2.23. The van der Waals surface area contributed by atoms with Crippen LogP contribution in [0, 0.1) is 0 Å². The molecule has 0 bridgehead atoms. The van der Waals surface area contributed by atoms with Crippen molar-refractivity contribution in [3.63, 3.8) is 0 Å². The SMILES string of the molecule is Cn1ncnc1CNC(=O)C(C)(C)Br. The van der Waals surface area contributed by atoms with Crippen molar-refractivity contribution in [1.29, 1.82) is 0 Å². The van der Waals surface area contributed by atoms with E-state index in [9.17, 15) is 4.79 Å². The number of nitrogens with one attached hydrogen (secondary N) is 1. The molecule has 1 heterocycles. The average molecular weight is 261 g/mol. The summed E-state index contributed by atoms with van der Waals surface area (Å²) in [4.78, 5) is 15.4. The number of carbonyl (C=O) groups is 1. The van der Waals surface area contributed by atoms with E-state index in [-0.39, 0.29) is 5.91 Å². The third kappa shape index (κ3) is 2.80. The first-order valence-corrected chi connectivity index (χ1v) is 5.00. The third-order valence-corrected chi connectivity index (χ3v) is 2.11. The van der Waals surface area contributed by atoms with Crippen LogP contribution in [0.1, 0.15) is 19.7 Å². The highest BCUT2D eigenvalue weighted by molar-refractivity contribution is 9.10. The van der Waals surface area contributed by atoms with Crippen molar-refractivity contribution in [2.75, 3.05) is 0 Å². The molecule has 1 aromatic rings. The molecule has 14 heavy (non-hydrogen) atoms. The molecule has 78 valence electrons. The van der Waals surface area contributed by atoms with Crippen LogP contribution in [0.3, 0.4) is 0 Å². The Labute approximate surface area is 91.0 Å². The standard InChI is InChI=1S/C8H13BrN4O/c1-8(2,9)7(14)10-4-6-11-5-12-13(6)3/h5H,4H2,1-3H3,(H,10,14). The number of carbonyl (C=O) groups excluding carboxylic acids is 1. The molecule has 0 aliphatic heterocycles. The zero-order valence-corrected chi connectivity index (χ0v) is 10.00. The molecule has 0 unspecified atom stereocenters. The van der Waals surface area contributed by atoms with E-state index in [2.05, 4.69) is 31.3 Å². The predicted octanol–water partition coefficient (Wildman–Crippen LogP) is 0.605. The second-order valence-corrected chi connectivity index (χ2v) is 5.44. The molecule has 1 aromatic heterocycles. The van der Waals surface area contributed by atoms with Crippen molar-refractivity contribution < 1.29 is 4.79 Å². The van der Waals surface area contributed by atoms with Crippen LogP contribution in [0.5, 0.6) is 0 Å². The number of hydrogen-bond acceptors (Lipinski definition) is 3. The van der Waals surface area contributed by atoms with Crippen LogP contribution in [0.4, 0.5) is 0 Å². The lowest BCUT2D eigenvalue weighted by molar-refractivity contribution is -0.122. The van der Waals surface area contributed by atoms with Crippen LogP contribution in [0.15, 0.2) is 6.33 Å². The van der Waals surface area contributed by atoms with E-state index in [1.807, 2.05) is 0 Å². The fourth-order valence-electron chi connectivity index (χ4n) is 0.850. The summed E-state index contributed by atoms with van der Waals surface area (Å²) in [6.45, 7) is 3.97. The van der Waals surface area contributed by atoms with Gasteiger partial charge in [-0.2, -0.15) is 5.10 Å². The second-order valence-electron chi connectivity index (χ2n) is 3.46. The van der Waals surface area contributed by atoms with Gasteiger partial charge in [-0.15, -0.1) is 0 Å². The monoisotopic (exact) mass is 260 g/mol. The second kappa shape index (κ2) is 4.08. The van der Waals surface area contributed by atoms with Gasteiger partial charge in [0, 0.05) is 7.05 Å². The van der Waals surface area contributed by atoms with Gasteiger partial charge in [0.1, 0.15) is 12.2 Å². The molecule has 1 amide bonds. The van der Waals surface area contributed by atoms with E-state index in [0.717, 1.165) is 5.82 Å². The summed E-state index contributed by atoms with van der Waals surface area (Å²) < 4.78 is 1.08. The van der Waals surface area contributed by atoms with E-state index in [1.165, 1.54) is 6.33 Å². The van der Waals surface area contributed by atoms with E-state index in [0.29, 0.717) is 6.54 Å². The van der Waals surface area contributed by atoms with Gasteiger partial charge in [-0.05, 0) is 13.8 Å². The number of amides is 1. The maximum Gasteiger partial charge on any atom is 0.236 e. The van der Waals surface area contributed by atoms with Gasteiger partial charge in [0.25, 0.3) is 0 Å².